The van der Waals surface area contributed by atoms with Crippen LogP contribution in [0.4, 0.5) is 0 Å². The zero-order valence-corrected chi connectivity index (χ0v) is 13.4. The van der Waals surface area contributed by atoms with Crippen LogP contribution in [0, 0.1) is 0 Å². The molecule has 2 bridgehead atoms. The van der Waals surface area contributed by atoms with E-state index in [-0.39, 0.29) is 11.4 Å². The third kappa shape index (κ3) is 2.05. The van der Waals surface area contributed by atoms with Gasteiger partial charge in [-0.25, -0.2) is 0 Å². The lowest BCUT2D eigenvalue weighted by atomic mass is 9.83. The first kappa shape index (κ1) is 14.1. The molecule has 1 fully saturated rings. The number of ether oxygens (including phenoxy) is 1. The molecule has 3 heteroatoms. The molecule has 22 heavy (non-hydrogen) atoms. The van der Waals surface area contributed by atoms with Gasteiger partial charge in [-0.05, 0) is 75.8 Å². The second-order valence-corrected chi connectivity index (χ2v) is 7.67. The van der Waals surface area contributed by atoms with Crippen LogP contribution in [0.15, 0.2) is 6.07 Å². The van der Waals surface area contributed by atoms with E-state index < -0.39 is 0 Å². The van der Waals surface area contributed by atoms with Crippen LogP contribution in [0.5, 0.6) is 11.5 Å². The van der Waals surface area contributed by atoms with Gasteiger partial charge in [-0.15, -0.1) is 0 Å². The SMILES string of the molecule is CC(=O)CCC1(C)CCc2cc(O)c3c(c2O1)C1CCC3C1. The van der Waals surface area contributed by atoms with Crippen molar-refractivity contribution in [2.75, 3.05) is 0 Å². The van der Waals surface area contributed by atoms with Crippen molar-refractivity contribution in [2.24, 2.45) is 0 Å². The van der Waals surface area contributed by atoms with Gasteiger partial charge in [-0.1, -0.05) is 0 Å². The predicted molar refractivity (Wildman–Crippen MR) is 84.7 cm³/mol. The van der Waals surface area contributed by atoms with Gasteiger partial charge in [0.15, 0.2) is 0 Å². The van der Waals surface area contributed by atoms with Gasteiger partial charge >= 0.3 is 0 Å². The van der Waals surface area contributed by atoms with Crippen LogP contribution < -0.4 is 4.74 Å². The number of ketones is 1. The molecule has 4 rings (SSSR count). The van der Waals surface area contributed by atoms with Crippen molar-refractivity contribution in [3.05, 3.63) is 22.8 Å². The number of benzene rings is 1. The van der Waals surface area contributed by atoms with Crippen molar-refractivity contribution in [1.82, 2.24) is 0 Å². The van der Waals surface area contributed by atoms with Crippen molar-refractivity contribution in [1.29, 1.82) is 0 Å². The highest BCUT2D eigenvalue weighted by atomic mass is 16.5. The number of aryl methyl sites for hydroxylation is 1. The summed E-state index contributed by atoms with van der Waals surface area (Å²) in [5.41, 5.74) is 3.36. The first-order chi connectivity index (χ1) is 10.5. The van der Waals surface area contributed by atoms with E-state index in [1.165, 1.54) is 24.8 Å². The largest absolute Gasteiger partial charge is 0.508 e. The fourth-order valence-electron chi connectivity index (χ4n) is 4.70. The fourth-order valence-corrected chi connectivity index (χ4v) is 4.70. The molecule has 1 aromatic rings. The van der Waals surface area contributed by atoms with Gasteiger partial charge in [0.2, 0.25) is 0 Å². The highest BCUT2D eigenvalue weighted by molar-refractivity contribution is 5.75. The van der Waals surface area contributed by atoms with Gasteiger partial charge in [0.25, 0.3) is 0 Å². The van der Waals surface area contributed by atoms with Gasteiger partial charge in [0, 0.05) is 17.5 Å². The summed E-state index contributed by atoms with van der Waals surface area (Å²) in [5.74, 6) is 2.84. The number of hydrogen-bond acceptors (Lipinski definition) is 3. The van der Waals surface area contributed by atoms with Crippen molar-refractivity contribution in [3.63, 3.8) is 0 Å². The number of aromatic hydroxyl groups is 1. The number of Topliss-reactive ketones (excluding diaryl/α,β-unsaturated/α-hetero) is 1. The molecule has 3 unspecified atom stereocenters. The number of rotatable bonds is 3. The maximum absolute atomic E-state index is 11.3. The molecule has 0 aromatic heterocycles. The number of carbonyl (C=O) groups is 1. The lowest BCUT2D eigenvalue weighted by Crippen LogP contribution is -2.37. The molecular weight excluding hydrogens is 276 g/mol. The maximum atomic E-state index is 11.3. The third-order valence-electron chi connectivity index (χ3n) is 5.94. The van der Waals surface area contributed by atoms with E-state index in [1.807, 2.05) is 6.07 Å². The lowest BCUT2D eigenvalue weighted by Gasteiger charge is -2.38. The maximum Gasteiger partial charge on any atom is 0.129 e. The van der Waals surface area contributed by atoms with Crippen molar-refractivity contribution >= 4 is 5.78 Å². The highest BCUT2D eigenvalue weighted by Gasteiger charge is 2.44. The van der Waals surface area contributed by atoms with Crippen LogP contribution in [-0.4, -0.2) is 16.5 Å². The molecule has 1 N–H and O–H groups in total. The van der Waals surface area contributed by atoms with Gasteiger partial charge in [0.05, 0.1) is 0 Å². The minimum Gasteiger partial charge on any atom is -0.508 e. The Balaban J connectivity index is 1.72. The Kier molecular flexibility index (Phi) is 3.04. The van der Waals surface area contributed by atoms with Gasteiger partial charge in [-0.2, -0.15) is 0 Å². The van der Waals surface area contributed by atoms with Gasteiger partial charge < -0.3 is 14.6 Å². The summed E-state index contributed by atoms with van der Waals surface area (Å²) in [6.07, 6.45) is 6.81. The molecule has 0 saturated heterocycles. The monoisotopic (exact) mass is 300 g/mol. The summed E-state index contributed by atoms with van der Waals surface area (Å²) in [4.78, 5) is 11.3. The third-order valence-corrected chi connectivity index (χ3v) is 5.94. The molecule has 3 nitrogen and oxygen atoms in total. The minimum absolute atomic E-state index is 0.227. The normalized spacial score (nSPS) is 31.5. The molecule has 0 spiro atoms. The molecule has 1 heterocycles. The second-order valence-electron chi connectivity index (χ2n) is 7.67. The standard InChI is InChI=1S/C19H24O3/c1-11(20)5-7-19(2)8-6-14-10-15(21)16-12-3-4-13(9-12)17(16)18(14)22-19/h10,12-13,21H,3-9H2,1-2H3. The Bertz CT molecular complexity index is 649. The van der Waals surface area contributed by atoms with Crippen LogP contribution in [0.2, 0.25) is 0 Å². The van der Waals surface area contributed by atoms with Gasteiger partial charge in [0.1, 0.15) is 22.9 Å². The molecule has 3 aliphatic rings. The van der Waals surface area contributed by atoms with E-state index in [4.69, 9.17) is 4.74 Å². The van der Waals surface area contributed by atoms with Crippen molar-refractivity contribution in [3.8, 4) is 11.5 Å². The fraction of sp³-hybridized carbons (Fsp3) is 0.632. The van der Waals surface area contributed by atoms with Crippen LogP contribution in [0.25, 0.3) is 0 Å². The second kappa shape index (κ2) is 4.74. The number of phenols is 1. The molecule has 0 amide bonds. The smallest absolute Gasteiger partial charge is 0.129 e. The van der Waals surface area contributed by atoms with Gasteiger partial charge in [-0.3, -0.25) is 0 Å². The van der Waals surface area contributed by atoms with E-state index >= 15 is 0 Å². The average molecular weight is 300 g/mol. The number of carbonyl (C=O) groups excluding carboxylic acids is 1. The number of phenolic OH excluding ortho intramolecular Hbond substituents is 1. The number of fused-ring (bicyclic) bond motifs is 7. The van der Waals surface area contributed by atoms with E-state index in [0.717, 1.165) is 36.1 Å². The topological polar surface area (TPSA) is 46.5 Å². The van der Waals surface area contributed by atoms with Crippen LogP contribution in [0.1, 0.15) is 80.9 Å². The summed E-state index contributed by atoms with van der Waals surface area (Å²) >= 11 is 0. The van der Waals surface area contributed by atoms with E-state index in [2.05, 4.69) is 6.92 Å². The quantitative estimate of drug-likeness (QED) is 0.909. The summed E-state index contributed by atoms with van der Waals surface area (Å²) in [6.45, 7) is 3.78. The van der Waals surface area contributed by atoms with Crippen LogP contribution in [-0.2, 0) is 11.2 Å². The Morgan fingerprint density at radius 1 is 1.36 bits per heavy atom. The minimum atomic E-state index is -0.245. The van der Waals surface area contributed by atoms with Crippen molar-refractivity contribution < 1.29 is 14.6 Å². The first-order valence-corrected chi connectivity index (χ1v) is 8.54. The Hall–Kier alpha value is -1.51. The molecule has 3 atom stereocenters. The number of hydrogen-bond donors (Lipinski definition) is 1. The Morgan fingerprint density at radius 2 is 2.09 bits per heavy atom. The molecule has 1 aliphatic heterocycles. The summed E-state index contributed by atoms with van der Waals surface area (Å²) < 4.78 is 6.46. The highest BCUT2D eigenvalue weighted by Crippen LogP contribution is 2.60. The zero-order valence-electron chi connectivity index (χ0n) is 13.4. The lowest BCUT2D eigenvalue weighted by molar-refractivity contribution is -0.118. The zero-order chi connectivity index (χ0) is 15.5. The molecular formula is C19H24O3. The summed E-state index contributed by atoms with van der Waals surface area (Å²) in [5, 5.41) is 10.4. The van der Waals surface area contributed by atoms with E-state index in [9.17, 15) is 9.90 Å². The predicted octanol–water partition coefficient (Wildman–Crippen LogP) is 4.21. The molecule has 1 aromatic carbocycles. The van der Waals surface area contributed by atoms with E-state index in [0.29, 0.717) is 24.0 Å². The average Bonchev–Trinajstić information content (AvgIpc) is 3.08. The summed E-state index contributed by atoms with van der Waals surface area (Å²) in [7, 11) is 0. The molecule has 0 radical (unpaired) electrons. The molecule has 1 saturated carbocycles. The summed E-state index contributed by atoms with van der Waals surface area (Å²) in [6, 6.07) is 1.93. The molecule has 2 aliphatic carbocycles. The van der Waals surface area contributed by atoms with Crippen LogP contribution >= 0.6 is 0 Å². The Labute approximate surface area is 131 Å². The Morgan fingerprint density at radius 3 is 2.82 bits per heavy atom. The first-order valence-electron chi connectivity index (χ1n) is 8.54. The van der Waals surface area contributed by atoms with E-state index in [1.54, 1.807) is 6.92 Å². The van der Waals surface area contributed by atoms with Crippen molar-refractivity contribution in [2.45, 2.75) is 76.2 Å². The molecule has 118 valence electrons. The van der Waals surface area contributed by atoms with Crippen LogP contribution in [0.3, 0.4) is 0 Å².